The van der Waals surface area contributed by atoms with Crippen LogP contribution in [0.1, 0.15) is 33.5 Å². The molecule has 0 amide bonds. The topological polar surface area (TPSA) is 59.2 Å². The van der Waals surface area contributed by atoms with Gasteiger partial charge in [0.2, 0.25) is 0 Å². The van der Waals surface area contributed by atoms with Crippen LogP contribution in [0, 0.1) is 10.5 Å². The molecular formula is C9H10INO3. The number of aromatic amines is 1. The Bertz CT molecular complexity index is 370. The van der Waals surface area contributed by atoms with Gasteiger partial charge in [0.15, 0.2) is 6.29 Å². The van der Waals surface area contributed by atoms with E-state index in [2.05, 4.69) is 4.98 Å². The number of carbonyl (C=O) groups is 2. The number of aldehydes is 1. The molecule has 0 aliphatic rings. The lowest BCUT2D eigenvalue weighted by molar-refractivity contribution is 0.0524. The van der Waals surface area contributed by atoms with Gasteiger partial charge in [-0.25, -0.2) is 4.79 Å². The molecule has 1 heterocycles. The first-order valence-corrected chi connectivity index (χ1v) is 5.20. The molecule has 0 bridgehead atoms. The van der Waals surface area contributed by atoms with Crippen LogP contribution in [0.25, 0.3) is 0 Å². The van der Waals surface area contributed by atoms with E-state index in [1.54, 1.807) is 13.8 Å². The molecule has 1 rings (SSSR count). The quantitative estimate of drug-likeness (QED) is 0.527. The first-order valence-electron chi connectivity index (χ1n) is 4.12. The molecule has 0 saturated heterocycles. The minimum Gasteiger partial charge on any atom is -0.462 e. The predicted octanol–water partition coefficient (Wildman–Crippen LogP) is 1.92. The maximum atomic E-state index is 11.5. The maximum Gasteiger partial charge on any atom is 0.341 e. The number of nitrogens with one attached hydrogen (secondary N) is 1. The standard InChI is InChI=1S/C9H10INO3/c1-3-14-9(13)7-5(2)11-6(4-12)8(7)10/h4,11H,3H2,1-2H3. The predicted molar refractivity (Wildman–Crippen MR) is 59.6 cm³/mol. The van der Waals surface area contributed by atoms with Crippen molar-refractivity contribution in [1.29, 1.82) is 0 Å². The fraction of sp³-hybridized carbons (Fsp3) is 0.333. The summed E-state index contributed by atoms with van der Waals surface area (Å²) in [6.07, 6.45) is 0.692. The number of hydrogen-bond acceptors (Lipinski definition) is 3. The second kappa shape index (κ2) is 4.59. The van der Waals surface area contributed by atoms with E-state index in [9.17, 15) is 9.59 Å². The van der Waals surface area contributed by atoms with Crippen LogP contribution >= 0.6 is 22.6 Å². The monoisotopic (exact) mass is 307 g/mol. The third-order valence-electron chi connectivity index (χ3n) is 1.75. The van der Waals surface area contributed by atoms with Gasteiger partial charge < -0.3 is 9.72 Å². The summed E-state index contributed by atoms with van der Waals surface area (Å²) in [5.74, 6) is -0.390. The number of esters is 1. The Morgan fingerprint density at radius 2 is 2.29 bits per heavy atom. The molecule has 0 saturated carbocycles. The van der Waals surface area contributed by atoms with Crippen molar-refractivity contribution in [2.24, 2.45) is 0 Å². The highest BCUT2D eigenvalue weighted by Crippen LogP contribution is 2.20. The molecule has 0 aliphatic carbocycles. The van der Waals surface area contributed by atoms with E-state index in [1.807, 2.05) is 22.6 Å². The van der Waals surface area contributed by atoms with Crippen molar-refractivity contribution in [1.82, 2.24) is 4.98 Å². The summed E-state index contributed by atoms with van der Waals surface area (Å²) in [5, 5.41) is 0. The number of aryl methyl sites for hydroxylation is 1. The van der Waals surface area contributed by atoms with E-state index in [0.717, 1.165) is 0 Å². The van der Waals surface area contributed by atoms with E-state index < -0.39 is 5.97 Å². The van der Waals surface area contributed by atoms with Gasteiger partial charge in [-0.2, -0.15) is 0 Å². The first-order chi connectivity index (χ1) is 6.61. The molecule has 1 aromatic rings. The maximum absolute atomic E-state index is 11.5. The Morgan fingerprint density at radius 1 is 1.64 bits per heavy atom. The van der Waals surface area contributed by atoms with Gasteiger partial charge in [-0.05, 0) is 36.4 Å². The molecule has 14 heavy (non-hydrogen) atoms. The average molecular weight is 307 g/mol. The Labute approximate surface area is 95.2 Å². The molecule has 0 unspecified atom stereocenters. The first kappa shape index (κ1) is 11.2. The lowest BCUT2D eigenvalue weighted by Crippen LogP contribution is -2.06. The van der Waals surface area contributed by atoms with Crippen molar-refractivity contribution in [2.75, 3.05) is 6.61 Å². The third kappa shape index (κ3) is 1.97. The number of H-pyrrole nitrogens is 1. The number of halogens is 1. The largest absolute Gasteiger partial charge is 0.462 e. The second-order valence-corrected chi connectivity index (χ2v) is 3.77. The van der Waals surface area contributed by atoms with E-state index in [-0.39, 0.29) is 0 Å². The number of carbonyl (C=O) groups excluding carboxylic acids is 2. The average Bonchev–Trinajstić information content (AvgIpc) is 2.41. The van der Waals surface area contributed by atoms with E-state index in [1.165, 1.54) is 0 Å². The molecule has 0 aromatic carbocycles. The van der Waals surface area contributed by atoms with Crippen LogP contribution in [0.3, 0.4) is 0 Å². The Kier molecular flexibility index (Phi) is 3.68. The molecule has 0 atom stereocenters. The Balaban J connectivity index is 3.13. The van der Waals surface area contributed by atoms with Gasteiger partial charge in [-0.3, -0.25) is 4.79 Å². The summed E-state index contributed by atoms with van der Waals surface area (Å²) in [6.45, 7) is 3.81. The summed E-state index contributed by atoms with van der Waals surface area (Å²) in [6, 6.07) is 0. The van der Waals surface area contributed by atoms with Gasteiger partial charge >= 0.3 is 5.97 Å². The third-order valence-corrected chi connectivity index (χ3v) is 2.87. The number of aromatic nitrogens is 1. The summed E-state index contributed by atoms with van der Waals surface area (Å²) >= 11 is 1.95. The zero-order chi connectivity index (χ0) is 10.7. The second-order valence-electron chi connectivity index (χ2n) is 2.69. The van der Waals surface area contributed by atoms with Crippen LogP contribution < -0.4 is 0 Å². The van der Waals surface area contributed by atoms with Crippen molar-refractivity contribution < 1.29 is 14.3 Å². The highest BCUT2D eigenvalue weighted by Gasteiger charge is 2.19. The summed E-state index contributed by atoms with van der Waals surface area (Å²) in [4.78, 5) is 24.9. The van der Waals surface area contributed by atoms with Gasteiger partial charge in [0.1, 0.15) is 0 Å². The molecule has 5 heteroatoms. The van der Waals surface area contributed by atoms with Gasteiger partial charge in [-0.15, -0.1) is 0 Å². The van der Waals surface area contributed by atoms with Gasteiger partial charge in [0.05, 0.1) is 21.4 Å². The van der Waals surface area contributed by atoms with Crippen molar-refractivity contribution in [3.63, 3.8) is 0 Å². The van der Waals surface area contributed by atoms with Crippen molar-refractivity contribution >= 4 is 34.8 Å². The van der Waals surface area contributed by atoms with E-state index >= 15 is 0 Å². The SMILES string of the molecule is CCOC(=O)c1c(C)[nH]c(C=O)c1I. The van der Waals surface area contributed by atoms with Crippen LogP contribution in [0.5, 0.6) is 0 Å². The van der Waals surface area contributed by atoms with Crippen LogP contribution in [0.4, 0.5) is 0 Å². The lowest BCUT2D eigenvalue weighted by atomic mass is 10.2. The van der Waals surface area contributed by atoms with Crippen LogP contribution in [-0.4, -0.2) is 23.8 Å². The van der Waals surface area contributed by atoms with Crippen LogP contribution in [0.2, 0.25) is 0 Å². The number of rotatable bonds is 3. The smallest absolute Gasteiger partial charge is 0.341 e. The van der Waals surface area contributed by atoms with Gasteiger partial charge in [0.25, 0.3) is 0 Å². The minimum absolute atomic E-state index is 0.329. The van der Waals surface area contributed by atoms with Gasteiger partial charge in [-0.1, -0.05) is 0 Å². The summed E-state index contributed by atoms with van der Waals surface area (Å²) < 4.78 is 5.49. The van der Waals surface area contributed by atoms with E-state index in [0.29, 0.717) is 33.4 Å². The molecule has 1 aromatic heterocycles. The molecule has 1 N–H and O–H groups in total. The molecular weight excluding hydrogens is 297 g/mol. The zero-order valence-corrected chi connectivity index (χ0v) is 10.0. The van der Waals surface area contributed by atoms with Crippen molar-refractivity contribution in [2.45, 2.75) is 13.8 Å². The van der Waals surface area contributed by atoms with E-state index in [4.69, 9.17) is 4.74 Å². The molecule has 4 nitrogen and oxygen atoms in total. The van der Waals surface area contributed by atoms with Gasteiger partial charge in [0, 0.05) is 5.69 Å². The summed E-state index contributed by atoms with van der Waals surface area (Å²) in [5.41, 5.74) is 1.54. The Hall–Kier alpha value is -0.850. The minimum atomic E-state index is -0.390. The number of ether oxygens (including phenoxy) is 1. The van der Waals surface area contributed by atoms with Crippen molar-refractivity contribution in [3.8, 4) is 0 Å². The molecule has 0 aliphatic heterocycles. The highest BCUT2D eigenvalue weighted by molar-refractivity contribution is 14.1. The summed E-state index contributed by atoms with van der Waals surface area (Å²) in [7, 11) is 0. The fourth-order valence-electron chi connectivity index (χ4n) is 1.15. The molecule has 0 spiro atoms. The normalized spacial score (nSPS) is 9.93. The zero-order valence-electron chi connectivity index (χ0n) is 7.89. The highest BCUT2D eigenvalue weighted by atomic mass is 127. The number of hydrogen-bond donors (Lipinski definition) is 1. The fourth-order valence-corrected chi connectivity index (χ4v) is 2.03. The van der Waals surface area contributed by atoms with Crippen LogP contribution in [-0.2, 0) is 4.74 Å². The molecule has 76 valence electrons. The molecule has 0 fully saturated rings. The molecule has 0 radical (unpaired) electrons. The van der Waals surface area contributed by atoms with Crippen LogP contribution in [0.15, 0.2) is 0 Å². The van der Waals surface area contributed by atoms with Crippen molar-refractivity contribution in [3.05, 3.63) is 20.5 Å². The lowest BCUT2D eigenvalue weighted by Gasteiger charge is -2.00. The Morgan fingerprint density at radius 3 is 2.71 bits per heavy atom.